The predicted octanol–water partition coefficient (Wildman–Crippen LogP) is 12.1. The van der Waals surface area contributed by atoms with E-state index in [9.17, 15) is 0 Å². The Morgan fingerprint density at radius 2 is 0.896 bits per heavy atom. The van der Waals surface area contributed by atoms with Crippen LogP contribution >= 0.6 is 0 Å². The van der Waals surface area contributed by atoms with E-state index in [0.29, 0.717) is 5.92 Å². The predicted molar refractivity (Wildman–Crippen MR) is 206 cm³/mol. The summed E-state index contributed by atoms with van der Waals surface area (Å²) in [6, 6.07) is 38.7. The van der Waals surface area contributed by atoms with Gasteiger partial charge >= 0.3 is 0 Å². The fraction of sp³-hybridized carbons (Fsp3) is 0.422. The summed E-state index contributed by atoms with van der Waals surface area (Å²) in [4.78, 5) is 0. The summed E-state index contributed by atoms with van der Waals surface area (Å²) in [5.74, 6) is 2.38. The van der Waals surface area contributed by atoms with Crippen molar-refractivity contribution < 1.29 is 9.47 Å². The minimum atomic E-state index is -0.0983. The van der Waals surface area contributed by atoms with E-state index in [-0.39, 0.29) is 5.54 Å². The summed E-state index contributed by atoms with van der Waals surface area (Å²) in [6.45, 7) is 10.3. The number of ether oxygens (including phenoxy) is 2. The van der Waals surface area contributed by atoms with Crippen molar-refractivity contribution in [2.45, 2.75) is 104 Å². The Labute approximate surface area is 291 Å². The minimum Gasteiger partial charge on any atom is -0.494 e. The smallest absolute Gasteiger partial charge is 0.119 e. The average molecular weight is 646 g/mol. The Bertz CT molecular complexity index is 1470. The molecule has 1 atom stereocenters. The van der Waals surface area contributed by atoms with Crippen molar-refractivity contribution in [1.29, 1.82) is 0 Å². The van der Waals surface area contributed by atoms with E-state index in [2.05, 4.69) is 137 Å². The van der Waals surface area contributed by atoms with Crippen molar-refractivity contribution in [2.75, 3.05) is 13.2 Å². The summed E-state index contributed by atoms with van der Waals surface area (Å²) in [7, 11) is 0. The molecule has 48 heavy (non-hydrogen) atoms. The van der Waals surface area contributed by atoms with Crippen LogP contribution in [0.3, 0.4) is 0 Å². The molecule has 0 radical (unpaired) electrons. The topological polar surface area (TPSA) is 44.5 Å². The molecule has 0 saturated carbocycles. The van der Waals surface area contributed by atoms with Crippen LogP contribution in [0.15, 0.2) is 109 Å². The molecule has 256 valence electrons. The third-order valence-corrected chi connectivity index (χ3v) is 9.50. The van der Waals surface area contributed by atoms with Gasteiger partial charge in [-0.25, -0.2) is 0 Å². The third-order valence-electron chi connectivity index (χ3n) is 9.50. The van der Waals surface area contributed by atoms with Crippen LogP contribution in [0.25, 0.3) is 11.1 Å². The molecule has 0 aliphatic heterocycles. The van der Waals surface area contributed by atoms with Gasteiger partial charge in [-0.05, 0) is 96.7 Å². The lowest BCUT2D eigenvalue weighted by atomic mass is 9.86. The molecule has 0 aliphatic rings. The van der Waals surface area contributed by atoms with E-state index in [1.165, 1.54) is 80.1 Å². The first-order valence-corrected chi connectivity index (χ1v) is 18.5. The standard InChI is InChI=1S/C45H59NO2/c1-5-6-7-8-10-19-34-47-41-30-26-39(27-31-41)43(37-22-15-12-16-23-37)44(38-24-17-13-18-25-38)40-28-32-42(33-29-40)48-35-20-11-9-14-21-36(2)45(3,4)46/h12-13,15-18,22-33,36H,5-11,14,19-21,34-35,46H2,1-4H3. The molecule has 2 N–H and O–H groups in total. The molecule has 1 unspecified atom stereocenters. The van der Waals surface area contributed by atoms with Gasteiger partial charge in [-0.1, -0.05) is 150 Å². The molecule has 0 aliphatic carbocycles. The summed E-state index contributed by atoms with van der Waals surface area (Å²) >= 11 is 0. The highest BCUT2D eigenvalue weighted by Crippen LogP contribution is 2.38. The molecule has 4 aromatic carbocycles. The highest BCUT2D eigenvalue weighted by molar-refractivity contribution is 6.04. The maximum atomic E-state index is 6.25. The van der Waals surface area contributed by atoms with Gasteiger partial charge in [0.1, 0.15) is 11.5 Å². The Morgan fingerprint density at radius 1 is 0.521 bits per heavy atom. The fourth-order valence-electron chi connectivity index (χ4n) is 6.10. The SMILES string of the molecule is CCCCCCCCOc1ccc(C(=C(c2ccccc2)c2ccc(OCCCCCCC(C)C(C)(C)N)cc2)c2ccccc2)cc1. The minimum absolute atomic E-state index is 0.0983. The van der Waals surface area contributed by atoms with E-state index in [4.69, 9.17) is 15.2 Å². The molecule has 0 aromatic heterocycles. The number of nitrogens with two attached hydrogens (primary N) is 1. The summed E-state index contributed by atoms with van der Waals surface area (Å²) < 4.78 is 12.3. The van der Waals surface area contributed by atoms with Crippen molar-refractivity contribution in [1.82, 2.24) is 0 Å². The van der Waals surface area contributed by atoms with E-state index in [1.54, 1.807) is 0 Å². The van der Waals surface area contributed by atoms with Gasteiger partial charge in [-0.3, -0.25) is 0 Å². The van der Waals surface area contributed by atoms with Crippen molar-refractivity contribution in [3.8, 4) is 11.5 Å². The van der Waals surface area contributed by atoms with Gasteiger partial charge in [0.2, 0.25) is 0 Å². The molecule has 0 heterocycles. The van der Waals surface area contributed by atoms with Crippen LogP contribution in [-0.4, -0.2) is 18.8 Å². The lowest BCUT2D eigenvalue weighted by molar-refractivity contribution is 0.295. The largest absolute Gasteiger partial charge is 0.494 e. The van der Waals surface area contributed by atoms with Crippen LogP contribution in [0, 0.1) is 5.92 Å². The Kier molecular flexibility index (Phi) is 15.3. The first-order chi connectivity index (χ1) is 23.4. The van der Waals surface area contributed by atoms with E-state index in [1.807, 2.05) is 0 Å². The summed E-state index contributed by atoms with van der Waals surface area (Å²) in [5.41, 5.74) is 13.2. The lowest BCUT2D eigenvalue weighted by Gasteiger charge is -2.27. The van der Waals surface area contributed by atoms with Crippen LogP contribution in [0.2, 0.25) is 0 Å². The molecular formula is C45H59NO2. The highest BCUT2D eigenvalue weighted by atomic mass is 16.5. The summed E-state index contributed by atoms with van der Waals surface area (Å²) in [5, 5.41) is 0. The zero-order valence-corrected chi connectivity index (χ0v) is 30.1. The zero-order valence-electron chi connectivity index (χ0n) is 30.1. The number of rotatable bonds is 21. The third kappa shape index (κ3) is 12.0. The van der Waals surface area contributed by atoms with Crippen molar-refractivity contribution in [3.63, 3.8) is 0 Å². The van der Waals surface area contributed by atoms with E-state index in [0.717, 1.165) is 48.7 Å². The van der Waals surface area contributed by atoms with Gasteiger partial charge < -0.3 is 15.2 Å². The molecule has 0 amide bonds. The van der Waals surface area contributed by atoms with Crippen LogP contribution in [0.5, 0.6) is 11.5 Å². The van der Waals surface area contributed by atoms with Crippen molar-refractivity contribution >= 4 is 11.1 Å². The maximum absolute atomic E-state index is 6.25. The van der Waals surface area contributed by atoms with Gasteiger partial charge in [0.25, 0.3) is 0 Å². The van der Waals surface area contributed by atoms with Gasteiger partial charge in [-0.2, -0.15) is 0 Å². The average Bonchev–Trinajstić information content (AvgIpc) is 3.11. The quantitative estimate of drug-likeness (QED) is 0.0724. The Balaban J connectivity index is 1.49. The monoisotopic (exact) mass is 645 g/mol. The van der Waals surface area contributed by atoms with Crippen LogP contribution in [-0.2, 0) is 0 Å². The highest BCUT2D eigenvalue weighted by Gasteiger charge is 2.19. The van der Waals surface area contributed by atoms with Gasteiger partial charge in [0.05, 0.1) is 13.2 Å². The van der Waals surface area contributed by atoms with Crippen molar-refractivity contribution in [3.05, 3.63) is 131 Å². The van der Waals surface area contributed by atoms with E-state index < -0.39 is 0 Å². The number of hydrogen-bond donors (Lipinski definition) is 1. The molecular weight excluding hydrogens is 587 g/mol. The number of hydrogen-bond acceptors (Lipinski definition) is 3. The van der Waals surface area contributed by atoms with Crippen LogP contribution < -0.4 is 15.2 Å². The molecule has 0 bridgehead atoms. The lowest BCUT2D eigenvalue weighted by Crippen LogP contribution is -2.39. The first-order valence-electron chi connectivity index (χ1n) is 18.5. The molecule has 0 saturated heterocycles. The second-order valence-electron chi connectivity index (χ2n) is 13.9. The second kappa shape index (κ2) is 19.9. The molecule has 0 spiro atoms. The normalized spacial score (nSPS) is 12.8. The second-order valence-corrected chi connectivity index (χ2v) is 13.9. The van der Waals surface area contributed by atoms with Gasteiger partial charge in [0, 0.05) is 5.54 Å². The molecule has 4 rings (SSSR count). The fourth-order valence-corrected chi connectivity index (χ4v) is 6.10. The zero-order chi connectivity index (χ0) is 34.0. The Morgan fingerprint density at radius 3 is 1.31 bits per heavy atom. The molecule has 0 fully saturated rings. The molecule has 4 aromatic rings. The first kappa shape index (κ1) is 37.0. The van der Waals surface area contributed by atoms with Crippen molar-refractivity contribution in [2.24, 2.45) is 11.7 Å². The maximum Gasteiger partial charge on any atom is 0.119 e. The molecule has 3 nitrogen and oxygen atoms in total. The van der Waals surface area contributed by atoms with Gasteiger partial charge in [0.15, 0.2) is 0 Å². The number of unbranched alkanes of at least 4 members (excludes halogenated alkanes) is 8. The number of benzene rings is 4. The summed E-state index contributed by atoms with van der Waals surface area (Å²) in [6.07, 6.45) is 13.5. The van der Waals surface area contributed by atoms with Crippen LogP contribution in [0.4, 0.5) is 0 Å². The van der Waals surface area contributed by atoms with Crippen LogP contribution in [0.1, 0.15) is 121 Å². The van der Waals surface area contributed by atoms with E-state index >= 15 is 0 Å². The molecule has 3 heteroatoms. The Hall–Kier alpha value is -3.82. The van der Waals surface area contributed by atoms with Gasteiger partial charge in [-0.15, -0.1) is 0 Å².